The SMILES string of the molecule is CCCCNC(=O)NS(=O)(=O)c1ccc(CNC(=O)Cc2ccccc2)cc1. The van der Waals surface area contributed by atoms with Gasteiger partial charge in [0, 0.05) is 13.1 Å². The summed E-state index contributed by atoms with van der Waals surface area (Å²) in [5, 5.41) is 5.30. The molecular weight excluding hydrogens is 378 g/mol. The van der Waals surface area contributed by atoms with Gasteiger partial charge in [-0.15, -0.1) is 0 Å². The molecule has 0 aliphatic rings. The topological polar surface area (TPSA) is 104 Å². The Morgan fingerprint density at radius 1 is 0.893 bits per heavy atom. The zero-order valence-electron chi connectivity index (χ0n) is 15.8. The molecule has 7 nitrogen and oxygen atoms in total. The fourth-order valence-corrected chi connectivity index (χ4v) is 3.36. The van der Waals surface area contributed by atoms with Gasteiger partial charge in [-0.3, -0.25) is 4.79 Å². The van der Waals surface area contributed by atoms with Gasteiger partial charge in [0.2, 0.25) is 5.91 Å². The van der Waals surface area contributed by atoms with Gasteiger partial charge < -0.3 is 10.6 Å². The summed E-state index contributed by atoms with van der Waals surface area (Å²) in [5.74, 6) is -0.117. The Hall–Kier alpha value is -2.87. The quantitative estimate of drug-likeness (QED) is 0.559. The van der Waals surface area contributed by atoms with E-state index in [2.05, 4.69) is 10.6 Å². The number of unbranched alkanes of at least 4 members (excludes halogenated alkanes) is 1. The van der Waals surface area contributed by atoms with Crippen LogP contribution < -0.4 is 15.4 Å². The van der Waals surface area contributed by atoms with Crippen LogP contribution in [0.5, 0.6) is 0 Å². The lowest BCUT2D eigenvalue weighted by Gasteiger charge is -2.09. The van der Waals surface area contributed by atoms with Gasteiger partial charge in [-0.1, -0.05) is 55.8 Å². The minimum absolute atomic E-state index is 0.0162. The summed E-state index contributed by atoms with van der Waals surface area (Å²) in [4.78, 5) is 23.6. The molecule has 0 unspecified atom stereocenters. The van der Waals surface area contributed by atoms with Crippen LogP contribution in [0, 0.1) is 0 Å². The van der Waals surface area contributed by atoms with Gasteiger partial charge in [-0.25, -0.2) is 17.9 Å². The molecule has 8 heteroatoms. The molecule has 0 aliphatic carbocycles. The van der Waals surface area contributed by atoms with Crippen LogP contribution in [0.15, 0.2) is 59.5 Å². The molecule has 0 heterocycles. The number of hydrogen-bond acceptors (Lipinski definition) is 4. The van der Waals surface area contributed by atoms with Crippen LogP contribution in [-0.4, -0.2) is 26.9 Å². The second-order valence-electron chi connectivity index (χ2n) is 6.30. The van der Waals surface area contributed by atoms with Crippen molar-refractivity contribution in [1.29, 1.82) is 0 Å². The number of carbonyl (C=O) groups is 2. The molecule has 150 valence electrons. The maximum atomic E-state index is 12.2. The van der Waals surface area contributed by atoms with E-state index in [1.54, 1.807) is 12.1 Å². The highest BCUT2D eigenvalue weighted by Crippen LogP contribution is 2.10. The van der Waals surface area contributed by atoms with E-state index in [1.807, 2.05) is 42.0 Å². The predicted molar refractivity (Wildman–Crippen MR) is 107 cm³/mol. The van der Waals surface area contributed by atoms with E-state index in [9.17, 15) is 18.0 Å². The van der Waals surface area contributed by atoms with E-state index in [4.69, 9.17) is 0 Å². The Kier molecular flexibility index (Phi) is 8.01. The van der Waals surface area contributed by atoms with Crippen molar-refractivity contribution in [2.45, 2.75) is 37.6 Å². The number of nitrogens with one attached hydrogen (secondary N) is 3. The molecule has 0 fully saturated rings. The maximum absolute atomic E-state index is 12.2. The van der Waals surface area contributed by atoms with E-state index in [1.165, 1.54) is 12.1 Å². The molecular formula is C20H25N3O4S. The molecule has 28 heavy (non-hydrogen) atoms. The Bertz CT molecular complexity index is 881. The van der Waals surface area contributed by atoms with Gasteiger partial charge in [-0.05, 0) is 29.7 Å². The van der Waals surface area contributed by atoms with Crippen molar-refractivity contribution >= 4 is 22.0 Å². The molecule has 0 saturated carbocycles. The monoisotopic (exact) mass is 403 g/mol. The van der Waals surface area contributed by atoms with Crippen molar-refractivity contribution in [3.63, 3.8) is 0 Å². The lowest BCUT2D eigenvalue weighted by molar-refractivity contribution is -0.120. The minimum atomic E-state index is -3.93. The zero-order valence-corrected chi connectivity index (χ0v) is 16.6. The largest absolute Gasteiger partial charge is 0.352 e. The standard InChI is InChI=1S/C20H25N3O4S/c1-2-3-13-21-20(25)23-28(26,27)18-11-9-17(10-12-18)15-22-19(24)14-16-7-5-4-6-8-16/h4-12H,2-3,13-15H2,1H3,(H,22,24)(H2,21,23,25). The van der Waals surface area contributed by atoms with Crippen LogP contribution in [-0.2, 0) is 27.8 Å². The lowest BCUT2D eigenvalue weighted by Crippen LogP contribution is -2.39. The molecule has 2 aromatic carbocycles. The molecule has 2 aromatic rings. The molecule has 2 rings (SSSR count). The summed E-state index contributed by atoms with van der Waals surface area (Å²) in [6.07, 6.45) is 1.96. The van der Waals surface area contributed by atoms with Gasteiger partial charge in [0.1, 0.15) is 0 Å². The number of hydrogen-bond donors (Lipinski definition) is 3. The highest BCUT2D eigenvalue weighted by atomic mass is 32.2. The molecule has 3 amide bonds. The fourth-order valence-electron chi connectivity index (χ4n) is 2.43. The summed E-state index contributed by atoms with van der Waals surface area (Å²) < 4.78 is 26.4. The molecule has 0 radical (unpaired) electrons. The number of benzene rings is 2. The van der Waals surface area contributed by atoms with Crippen LogP contribution in [0.3, 0.4) is 0 Å². The third-order valence-electron chi connectivity index (χ3n) is 3.97. The van der Waals surface area contributed by atoms with Gasteiger partial charge >= 0.3 is 6.03 Å². The molecule has 0 atom stereocenters. The summed E-state index contributed by atoms with van der Waals surface area (Å²) in [6.45, 7) is 2.68. The number of rotatable bonds is 9. The van der Waals surface area contributed by atoms with Crippen molar-refractivity contribution in [2.24, 2.45) is 0 Å². The van der Waals surface area contributed by atoms with Crippen molar-refractivity contribution in [3.05, 3.63) is 65.7 Å². The minimum Gasteiger partial charge on any atom is -0.352 e. The highest BCUT2D eigenvalue weighted by Gasteiger charge is 2.17. The highest BCUT2D eigenvalue weighted by molar-refractivity contribution is 7.90. The first-order valence-electron chi connectivity index (χ1n) is 9.11. The third kappa shape index (κ3) is 7.03. The van der Waals surface area contributed by atoms with E-state index in [0.29, 0.717) is 6.54 Å². The Morgan fingerprint density at radius 3 is 2.21 bits per heavy atom. The van der Waals surface area contributed by atoms with Crippen LogP contribution in [0.2, 0.25) is 0 Å². The van der Waals surface area contributed by atoms with Crippen molar-refractivity contribution in [2.75, 3.05) is 6.54 Å². The van der Waals surface area contributed by atoms with Gasteiger partial charge in [0.05, 0.1) is 11.3 Å². The molecule has 0 bridgehead atoms. The van der Waals surface area contributed by atoms with Gasteiger partial charge in [0.25, 0.3) is 10.0 Å². The van der Waals surface area contributed by atoms with E-state index in [0.717, 1.165) is 24.0 Å². The van der Waals surface area contributed by atoms with Gasteiger partial charge in [0.15, 0.2) is 0 Å². The average molecular weight is 404 g/mol. The predicted octanol–water partition coefficient (Wildman–Crippen LogP) is 2.33. The maximum Gasteiger partial charge on any atom is 0.328 e. The lowest BCUT2D eigenvalue weighted by atomic mass is 10.1. The molecule has 0 saturated heterocycles. The summed E-state index contributed by atoms with van der Waals surface area (Å²) >= 11 is 0. The van der Waals surface area contributed by atoms with Crippen LogP contribution >= 0.6 is 0 Å². The average Bonchev–Trinajstić information content (AvgIpc) is 2.67. The van der Waals surface area contributed by atoms with E-state index in [-0.39, 0.29) is 23.8 Å². The van der Waals surface area contributed by atoms with E-state index < -0.39 is 16.1 Å². The number of carbonyl (C=O) groups excluding carboxylic acids is 2. The molecule has 0 spiro atoms. The first kappa shape index (κ1) is 21.4. The summed E-state index contributed by atoms with van der Waals surface area (Å²) in [5.41, 5.74) is 1.68. The first-order chi connectivity index (χ1) is 13.4. The Balaban J connectivity index is 1.86. The third-order valence-corrected chi connectivity index (χ3v) is 5.32. The van der Waals surface area contributed by atoms with Crippen LogP contribution in [0.4, 0.5) is 4.79 Å². The van der Waals surface area contributed by atoms with E-state index >= 15 is 0 Å². The normalized spacial score (nSPS) is 10.9. The van der Waals surface area contributed by atoms with Crippen LogP contribution in [0.1, 0.15) is 30.9 Å². The van der Waals surface area contributed by atoms with Crippen molar-refractivity contribution in [3.8, 4) is 0 Å². The Labute approximate surface area is 165 Å². The molecule has 0 aromatic heterocycles. The Morgan fingerprint density at radius 2 is 1.57 bits per heavy atom. The second kappa shape index (κ2) is 10.5. The first-order valence-corrected chi connectivity index (χ1v) is 10.6. The molecule has 3 N–H and O–H groups in total. The fraction of sp³-hybridized carbons (Fsp3) is 0.300. The molecule has 0 aliphatic heterocycles. The van der Waals surface area contributed by atoms with Crippen molar-refractivity contribution < 1.29 is 18.0 Å². The summed E-state index contributed by atoms with van der Waals surface area (Å²) in [6, 6.07) is 14.7. The number of urea groups is 1. The number of amides is 3. The number of sulfonamides is 1. The smallest absolute Gasteiger partial charge is 0.328 e. The van der Waals surface area contributed by atoms with Crippen molar-refractivity contribution in [1.82, 2.24) is 15.4 Å². The summed E-state index contributed by atoms with van der Waals surface area (Å²) in [7, 11) is -3.93. The zero-order chi connectivity index (χ0) is 20.4. The van der Waals surface area contributed by atoms with Gasteiger partial charge in [-0.2, -0.15) is 0 Å². The van der Waals surface area contributed by atoms with Crippen LogP contribution in [0.25, 0.3) is 0 Å². The second-order valence-corrected chi connectivity index (χ2v) is 7.98.